The zero-order chi connectivity index (χ0) is 55.4. The van der Waals surface area contributed by atoms with Crippen molar-refractivity contribution < 1.29 is 86.0 Å². The number of amides is 7. The fourth-order valence-corrected chi connectivity index (χ4v) is 7.02. The van der Waals surface area contributed by atoms with Crippen molar-refractivity contribution in [2.45, 2.75) is 142 Å². The summed E-state index contributed by atoms with van der Waals surface area (Å²) in [5, 5.41) is 43.8. The Bertz CT molecular complexity index is 2340. The Balaban J connectivity index is 2.49. The highest BCUT2D eigenvalue weighted by Gasteiger charge is 2.42. The summed E-state index contributed by atoms with van der Waals surface area (Å²) < 4.78 is 46.7. The Morgan fingerprint density at radius 1 is 0.630 bits per heavy atom. The first-order valence-electron chi connectivity index (χ1n) is 22.9. The van der Waals surface area contributed by atoms with Gasteiger partial charge in [0.15, 0.2) is 0 Å². The first-order valence-corrected chi connectivity index (χ1v) is 22.9. The monoisotopic (exact) mass is 1040 g/mol. The number of Topliss-reactive ketones (excluding diaryl/α,β-unsaturated/α-hetero) is 1. The number of aryl methyl sites for hydroxylation is 1. The number of carbonyl (C=O) groups is 11. The van der Waals surface area contributed by atoms with Crippen molar-refractivity contribution in [3.63, 3.8) is 0 Å². The fraction of sp³-hybridized carbons (Fsp3) is 0.521. The predicted octanol–water partition coefficient (Wildman–Crippen LogP) is 1.59. The van der Waals surface area contributed by atoms with Crippen LogP contribution in [0.5, 0.6) is 5.75 Å². The molecule has 0 aliphatic carbocycles. The van der Waals surface area contributed by atoms with Crippen molar-refractivity contribution in [2.24, 2.45) is 11.3 Å². The molecule has 2 aromatic rings. The molecule has 6 atom stereocenters. The molecule has 22 nitrogen and oxygen atoms in total. The molecule has 2 rings (SSSR count). The smallest absolute Gasteiger partial charge is 0.391 e. The number of aliphatic carboxylic acids is 3. The molecule has 0 saturated carbocycles. The molecule has 0 fully saturated rings. The lowest BCUT2D eigenvalue weighted by Crippen LogP contribution is -2.62. The molecule has 0 radical (unpaired) electrons. The van der Waals surface area contributed by atoms with Gasteiger partial charge in [0.1, 0.15) is 42.0 Å². The third-order valence-corrected chi connectivity index (χ3v) is 10.8. The van der Waals surface area contributed by atoms with Crippen molar-refractivity contribution in [3.05, 3.63) is 65.2 Å². The van der Waals surface area contributed by atoms with Crippen LogP contribution < -0.4 is 42.0 Å². The van der Waals surface area contributed by atoms with Gasteiger partial charge in [-0.15, -0.1) is 0 Å². The Labute approximate surface area is 418 Å². The van der Waals surface area contributed by atoms with E-state index in [2.05, 4.69) is 31.9 Å². The molecule has 0 aromatic heterocycles. The molecule has 0 saturated heterocycles. The van der Waals surface area contributed by atoms with Gasteiger partial charge in [-0.05, 0) is 59.9 Å². The molecule has 0 aliphatic rings. The number of nitrogens with one attached hydrogen (secondary N) is 7. The van der Waals surface area contributed by atoms with Gasteiger partial charge in [-0.1, -0.05) is 71.0 Å². The summed E-state index contributed by atoms with van der Waals surface area (Å²) in [6.45, 7) is 9.17. The zero-order valence-corrected chi connectivity index (χ0v) is 41.4. The van der Waals surface area contributed by atoms with E-state index < -0.39 is 157 Å². The number of halogens is 3. The van der Waals surface area contributed by atoms with Crippen molar-refractivity contribution in [1.82, 2.24) is 37.2 Å². The number of ether oxygens (including phenoxy) is 1. The van der Waals surface area contributed by atoms with E-state index in [0.717, 1.165) is 0 Å². The molecule has 0 spiro atoms. The van der Waals surface area contributed by atoms with E-state index in [1.165, 1.54) is 33.9 Å². The van der Waals surface area contributed by atoms with Crippen LogP contribution in [-0.2, 0) is 65.7 Å². The SMILES string of the molecule is COc1cccc(CNC(=O)C(=O)[C@@H](CC(F)(F)F)NC(=O)[C@H](CC(C)C)NC(=O)[C@@H](NC(=O)[C@H](Cc2ccccc2C)NC(=O)[C@H](CCC(=O)O)NC(=O)[C@H](CC(=O)O)NC(=O)CCC(=O)O)C(C)(C)C)c1. The first kappa shape index (κ1) is 61.5. The van der Waals surface area contributed by atoms with Gasteiger partial charge in [-0.2, -0.15) is 13.2 Å². The van der Waals surface area contributed by atoms with Crippen LogP contribution in [0.4, 0.5) is 13.2 Å². The van der Waals surface area contributed by atoms with Gasteiger partial charge in [-0.3, -0.25) is 52.7 Å². The minimum absolute atomic E-state index is 0.216. The highest BCUT2D eigenvalue weighted by Crippen LogP contribution is 2.24. The second-order valence-corrected chi connectivity index (χ2v) is 18.6. The van der Waals surface area contributed by atoms with Crippen LogP contribution in [0.1, 0.15) is 96.3 Å². The third-order valence-electron chi connectivity index (χ3n) is 10.8. The maximum Gasteiger partial charge on any atom is 0.391 e. The zero-order valence-electron chi connectivity index (χ0n) is 41.4. The average molecular weight is 1040 g/mol. The minimum atomic E-state index is -5.06. The second kappa shape index (κ2) is 28.4. The van der Waals surface area contributed by atoms with Crippen LogP contribution in [0.3, 0.4) is 0 Å². The van der Waals surface area contributed by atoms with E-state index in [0.29, 0.717) is 22.4 Å². The highest BCUT2D eigenvalue weighted by molar-refractivity contribution is 6.38. The largest absolute Gasteiger partial charge is 0.497 e. The molecule has 0 bridgehead atoms. The predicted molar refractivity (Wildman–Crippen MR) is 252 cm³/mol. The van der Waals surface area contributed by atoms with Crippen LogP contribution in [0, 0.1) is 18.3 Å². The standard InChI is InChI=1S/C48H64F3N7O15/c1-25(2)19-31(42(68)57-34(23-48(49,50)51)39(66)45(71)52-24-27-12-10-14-29(20-27)73-7)56-46(72)40(47(4,5)6)58-44(70)32(21-28-13-9-8-11-26(28)3)55-41(67)30(15-17-36(60)61)54-43(69)33(22-38(64)65)53-35(59)16-18-37(62)63/h8-14,20,25,30-34,40H,15-19,21-24H2,1-7H3,(H,52,71)(H,53,59)(H,54,69)(H,55,67)(H,56,72)(H,57,68)(H,58,70)(H,60,61)(H,62,63)(H,64,65)/t30-,31-,32-,33-,34+,40+/m0/s1. The van der Waals surface area contributed by atoms with Gasteiger partial charge < -0.3 is 57.3 Å². The van der Waals surface area contributed by atoms with Gasteiger partial charge in [-0.25, -0.2) is 0 Å². The average Bonchev–Trinajstić information content (AvgIpc) is 3.28. The quantitative estimate of drug-likeness (QED) is 0.0518. The molecule has 0 heterocycles. The minimum Gasteiger partial charge on any atom is -0.497 e. The van der Waals surface area contributed by atoms with Gasteiger partial charge in [0, 0.05) is 25.8 Å². The second-order valence-electron chi connectivity index (χ2n) is 18.6. The Kier molecular flexibility index (Phi) is 24.0. The maximum absolute atomic E-state index is 14.4. The summed E-state index contributed by atoms with van der Waals surface area (Å²) in [5.41, 5.74) is 0.332. The number of benzene rings is 2. The number of methoxy groups -OCH3 is 1. The Morgan fingerprint density at radius 2 is 1.19 bits per heavy atom. The first-order chi connectivity index (χ1) is 33.9. The van der Waals surface area contributed by atoms with Crippen molar-refractivity contribution in [3.8, 4) is 5.75 Å². The van der Waals surface area contributed by atoms with Crippen molar-refractivity contribution in [1.29, 1.82) is 0 Å². The van der Waals surface area contributed by atoms with Crippen molar-refractivity contribution >= 4 is 65.0 Å². The van der Waals surface area contributed by atoms with Gasteiger partial charge in [0.05, 0.1) is 26.4 Å². The summed E-state index contributed by atoms with van der Waals surface area (Å²) in [6, 6.07) is 1.89. The Morgan fingerprint density at radius 3 is 1.75 bits per heavy atom. The molecular weight excluding hydrogens is 972 g/mol. The number of carboxylic acid groups (broad SMARTS) is 3. The van der Waals surface area contributed by atoms with Crippen molar-refractivity contribution in [2.75, 3.05) is 7.11 Å². The number of ketones is 1. The summed E-state index contributed by atoms with van der Waals surface area (Å²) in [6.07, 6.45) is -11.2. The summed E-state index contributed by atoms with van der Waals surface area (Å²) in [7, 11) is 1.39. The van der Waals surface area contributed by atoms with Gasteiger partial charge in [0.2, 0.25) is 41.2 Å². The molecular formula is C48H64F3N7O15. The summed E-state index contributed by atoms with van der Waals surface area (Å²) >= 11 is 0. The molecule has 0 aliphatic heterocycles. The maximum atomic E-state index is 14.4. The summed E-state index contributed by atoms with van der Waals surface area (Å²) in [5.74, 6) is -14.3. The van der Waals surface area contributed by atoms with Gasteiger partial charge in [0.25, 0.3) is 5.91 Å². The molecule has 73 heavy (non-hydrogen) atoms. The number of carbonyl (C=O) groups excluding carboxylic acids is 8. The number of alkyl halides is 3. The molecule has 0 unspecified atom stereocenters. The Hall–Kier alpha value is -7.60. The number of rotatable bonds is 29. The van der Waals surface area contributed by atoms with E-state index in [1.54, 1.807) is 63.2 Å². The molecule has 7 amide bonds. The van der Waals surface area contributed by atoms with Crippen LogP contribution >= 0.6 is 0 Å². The topological polar surface area (TPSA) is 342 Å². The van der Waals surface area contributed by atoms with E-state index >= 15 is 0 Å². The van der Waals surface area contributed by atoms with Crippen LogP contribution in [0.15, 0.2) is 48.5 Å². The van der Waals surface area contributed by atoms with Crippen LogP contribution in [0.2, 0.25) is 0 Å². The lowest BCUT2D eigenvalue weighted by atomic mass is 9.85. The number of hydrogen-bond donors (Lipinski definition) is 10. The van der Waals surface area contributed by atoms with E-state index in [-0.39, 0.29) is 19.4 Å². The van der Waals surface area contributed by atoms with Crippen LogP contribution in [0.25, 0.3) is 0 Å². The fourth-order valence-electron chi connectivity index (χ4n) is 7.02. The molecule has 25 heteroatoms. The number of hydrogen-bond acceptors (Lipinski definition) is 12. The third kappa shape index (κ3) is 22.6. The lowest BCUT2D eigenvalue weighted by molar-refractivity contribution is -0.154. The van der Waals surface area contributed by atoms with Gasteiger partial charge >= 0.3 is 24.1 Å². The summed E-state index contributed by atoms with van der Waals surface area (Å²) in [4.78, 5) is 143. The molecule has 10 N–H and O–H groups in total. The number of carboxylic acids is 3. The normalized spacial score (nSPS) is 13.8. The van der Waals surface area contributed by atoms with E-state index in [9.17, 15) is 76.1 Å². The molecule has 2 aromatic carbocycles. The van der Waals surface area contributed by atoms with Crippen LogP contribution in [-0.4, -0.2) is 130 Å². The lowest BCUT2D eigenvalue weighted by Gasteiger charge is -2.34. The van der Waals surface area contributed by atoms with E-state index in [4.69, 9.17) is 9.84 Å². The highest BCUT2D eigenvalue weighted by atomic mass is 19.4. The molecule has 402 valence electrons. The van der Waals surface area contributed by atoms with E-state index in [1.807, 2.05) is 5.32 Å².